The van der Waals surface area contributed by atoms with Crippen molar-refractivity contribution in [3.63, 3.8) is 0 Å². The van der Waals surface area contributed by atoms with Crippen molar-refractivity contribution in [1.82, 2.24) is 5.06 Å². The molecular weight excluding hydrogens is 200 g/mol. The molecule has 1 unspecified atom stereocenters. The fourth-order valence-corrected chi connectivity index (χ4v) is 0.745. The van der Waals surface area contributed by atoms with Crippen LogP contribution in [0.25, 0.3) is 0 Å². The number of carbonyl (C=O) groups is 3. The Hall–Kier alpha value is -1.71. The highest BCUT2D eigenvalue weighted by molar-refractivity contribution is 6.05. The van der Waals surface area contributed by atoms with E-state index in [9.17, 15) is 19.5 Å². The van der Waals surface area contributed by atoms with Crippen LogP contribution < -0.4 is 5.73 Å². The number of carboxylic acids is 1. The molecule has 0 radical (unpaired) electrons. The number of carbonyl (C=O) groups excluding carboxylic acids is 2. The molecule has 9 nitrogen and oxygen atoms in total. The number of aliphatic hydroxyl groups is 1. The molecule has 1 aliphatic heterocycles. The summed E-state index contributed by atoms with van der Waals surface area (Å²) in [5.41, 5.74) is 1.71. The van der Waals surface area contributed by atoms with Gasteiger partial charge in [-0.3, -0.25) is 9.68 Å². The number of hydrogen-bond donors (Lipinski definition) is 3. The van der Waals surface area contributed by atoms with E-state index in [4.69, 9.17) is 10.8 Å². The Morgan fingerprint density at radius 2 is 2.14 bits per heavy atom. The van der Waals surface area contributed by atoms with Gasteiger partial charge in [-0.05, 0) is 4.99 Å². The number of rotatable bonds is 2. The van der Waals surface area contributed by atoms with Crippen molar-refractivity contribution < 1.29 is 34.5 Å². The molecule has 0 aliphatic carbocycles. The molecule has 0 saturated carbocycles. The highest BCUT2D eigenvalue weighted by atomic mass is 17.3. The Labute approximate surface area is 76.5 Å². The Morgan fingerprint density at radius 1 is 1.57 bits per heavy atom. The maximum atomic E-state index is 10.9. The number of nitrogens with two attached hydrogens (primary N) is 1. The molecule has 78 valence electrons. The minimum Gasteiger partial charge on any atom is -0.477 e. The molecule has 14 heavy (non-hydrogen) atoms. The first-order valence-electron chi connectivity index (χ1n) is 3.32. The van der Waals surface area contributed by atoms with Gasteiger partial charge >= 0.3 is 17.7 Å². The van der Waals surface area contributed by atoms with Crippen LogP contribution in [0, 0.1) is 0 Å². The number of carboxylic acid groups (broad SMARTS) is 1. The average Bonchev–Trinajstić information content (AvgIpc) is 2.44. The predicted octanol–water partition coefficient (Wildman–Crippen LogP) is -3.05. The van der Waals surface area contributed by atoms with E-state index in [-0.39, 0.29) is 5.06 Å². The van der Waals surface area contributed by atoms with E-state index in [1.165, 1.54) is 0 Å². The second-order valence-electron chi connectivity index (χ2n) is 2.31. The Morgan fingerprint density at radius 3 is 2.57 bits per heavy atom. The maximum absolute atomic E-state index is 10.9. The molecule has 0 bridgehead atoms. The molecule has 9 heteroatoms. The highest BCUT2D eigenvalue weighted by Gasteiger charge is 2.61. The fraction of sp³-hybridized carbons (Fsp3) is 0.400. The van der Waals surface area contributed by atoms with Crippen molar-refractivity contribution in [3.8, 4) is 0 Å². The number of hydroxylamine groups is 2. The number of aliphatic carboxylic acids is 1. The summed E-state index contributed by atoms with van der Waals surface area (Å²) in [7, 11) is 0. The van der Waals surface area contributed by atoms with Crippen LogP contribution >= 0.6 is 0 Å². The minimum absolute atomic E-state index is 0.141. The number of nitrogens with zero attached hydrogens (tertiary/aromatic N) is 1. The lowest BCUT2D eigenvalue weighted by molar-refractivity contribution is -0.359. The standard InChI is InChI=1S/C5H6N2O7/c6-1-2(8)7-5(12,3(9)10)4(11)13-14-7/h12H,1,6H2,(H,9,10). The molecule has 1 rings (SSSR count). The Kier molecular flexibility index (Phi) is 2.38. The normalized spacial score (nSPS) is 26.1. The van der Waals surface area contributed by atoms with Crippen molar-refractivity contribution in [2.24, 2.45) is 5.73 Å². The van der Waals surface area contributed by atoms with Gasteiger partial charge in [0.25, 0.3) is 5.91 Å². The average molecular weight is 206 g/mol. The molecule has 0 aromatic carbocycles. The Balaban J connectivity index is 3.04. The lowest BCUT2D eigenvalue weighted by Gasteiger charge is -2.19. The van der Waals surface area contributed by atoms with E-state index in [1.54, 1.807) is 0 Å². The molecule has 1 heterocycles. The summed E-state index contributed by atoms with van der Waals surface area (Å²) in [5.74, 6) is -4.73. The SMILES string of the molecule is NCC(=O)N1OOC(=O)C1(O)C(=O)O. The zero-order valence-electron chi connectivity index (χ0n) is 6.67. The zero-order valence-corrected chi connectivity index (χ0v) is 6.67. The third kappa shape index (κ3) is 1.19. The molecule has 0 aromatic rings. The molecule has 1 aliphatic rings. The van der Waals surface area contributed by atoms with E-state index in [0.29, 0.717) is 0 Å². The third-order valence-electron chi connectivity index (χ3n) is 1.47. The molecule has 1 amide bonds. The molecule has 0 spiro atoms. The van der Waals surface area contributed by atoms with Crippen molar-refractivity contribution in [2.75, 3.05) is 6.54 Å². The van der Waals surface area contributed by atoms with Crippen molar-refractivity contribution in [1.29, 1.82) is 0 Å². The topological polar surface area (TPSA) is 139 Å². The summed E-state index contributed by atoms with van der Waals surface area (Å²) in [6, 6.07) is 0. The summed E-state index contributed by atoms with van der Waals surface area (Å²) >= 11 is 0. The first-order valence-corrected chi connectivity index (χ1v) is 3.32. The van der Waals surface area contributed by atoms with E-state index in [1.807, 2.05) is 0 Å². The molecular formula is C5H6N2O7. The van der Waals surface area contributed by atoms with Crippen LogP contribution in [0.5, 0.6) is 0 Å². The highest BCUT2D eigenvalue weighted by Crippen LogP contribution is 2.22. The summed E-state index contributed by atoms with van der Waals surface area (Å²) in [5, 5.41) is 17.6. The van der Waals surface area contributed by atoms with Crippen LogP contribution in [0.4, 0.5) is 0 Å². The second-order valence-corrected chi connectivity index (χ2v) is 2.31. The van der Waals surface area contributed by atoms with Crippen LogP contribution in [0.2, 0.25) is 0 Å². The van der Waals surface area contributed by atoms with Gasteiger partial charge in [-0.1, -0.05) is 0 Å². The van der Waals surface area contributed by atoms with Gasteiger partial charge in [0.2, 0.25) is 0 Å². The largest absolute Gasteiger partial charge is 0.477 e. The summed E-state index contributed by atoms with van der Waals surface area (Å²) < 4.78 is 0. The van der Waals surface area contributed by atoms with E-state index in [2.05, 4.69) is 9.88 Å². The van der Waals surface area contributed by atoms with Gasteiger partial charge in [0.1, 0.15) is 0 Å². The van der Waals surface area contributed by atoms with Gasteiger partial charge in [-0.25, -0.2) is 9.59 Å². The fourth-order valence-electron chi connectivity index (χ4n) is 0.745. The molecule has 1 saturated heterocycles. The summed E-state index contributed by atoms with van der Waals surface area (Å²) in [4.78, 5) is 39.8. The number of amides is 1. The van der Waals surface area contributed by atoms with Crippen LogP contribution in [-0.2, 0) is 24.3 Å². The molecule has 1 fully saturated rings. The maximum Gasteiger partial charge on any atom is 0.411 e. The van der Waals surface area contributed by atoms with Crippen LogP contribution in [-0.4, -0.2) is 45.4 Å². The van der Waals surface area contributed by atoms with E-state index in [0.717, 1.165) is 0 Å². The van der Waals surface area contributed by atoms with Crippen molar-refractivity contribution in [2.45, 2.75) is 5.72 Å². The van der Waals surface area contributed by atoms with Gasteiger partial charge in [0.15, 0.2) is 0 Å². The lowest BCUT2D eigenvalue weighted by atomic mass is 10.2. The van der Waals surface area contributed by atoms with Gasteiger partial charge in [0, 0.05) is 0 Å². The second kappa shape index (κ2) is 3.21. The Bertz CT molecular complexity index is 302. The molecule has 0 aromatic heterocycles. The zero-order chi connectivity index (χ0) is 10.9. The monoisotopic (exact) mass is 206 g/mol. The van der Waals surface area contributed by atoms with Gasteiger partial charge in [-0.2, -0.15) is 0 Å². The first-order chi connectivity index (χ1) is 6.44. The lowest BCUT2D eigenvalue weighted by Crippen LogP contribution is -2.57. The van der Waals surface area contributed by atoms with E-state index < -0.39 is 30.1 Å². The van der Waals surface area contributed by atoms with Crippen molar-refractivity contribution in [3.05, 3.63) is 0 Å². The van der Waals surface area contributed by atoms with E-state index >= 15 is 0 Å². The predicted molar refractivity (Wildman–Crippen MR) is 35.7 cm³/mol. The summed E-state index contributed by atoms with van der Waals surface area (Å²) in [6.45, 7) is -0.647. The molecule has 1 atom stereocenters. The minimum atomic E-state index is -3.17. The van der Waals surface area contributed by atoms with Crippen molar-refractivity contribution >= 4 is 17.8 Å². The smallest absolute Gasteiger partial charge is 0.411 e. The number of hydrogen-bond acceptors (Lipinski definition) is 7. The van der Waals surface area contributed by atoms with Crippen LogP contribution in [0.3, 0.4) is 0 Å². The molecule has 4 N–H and O–H groups in total. The van der Waals surface area contributed by atoms with Gasteiger partial charge < -0.3 is 15.9 Å². The third-order valence-corrected chi connectivity index (χ3v) is 1.47. The first kappa shape index (κ1) is 10.4. The summed E-state index contributed by atoms with van der Waals surface area (Å²) in [6.07, 6.45) is 0. The van der Waals surface area contributed by atoms with Crippen LogP contribution in [0.15, 0.2) is 0 Å². The van der Waals surface area contributed by atoms with Crippen LogP contribution in [0.1, 0.15) is 0 Å². The van der Waals surface area contributed by atoms with Gasteiger partial charge in [-0.15, -0.1) is 5.06 Å². The van der Waals surface area contributed by atoms with Gasteiger partial charge in [0.05, 0.1) is 6.54 Å². The quantitative estimate of drug-likeness (QED) is 0.319.